The lowest BCUT2D eigenvalue weighted by atomic mass is 9.78. The summed E-state index contributed by atoms with van der Waals surface area (Å²) in [4.78, 5) is 37.3. The Morgan fingerprint density at radius 3 is 2.57 bits per heavy atom. The molecule has 3 amide bonds. The van der Waals surface area contributed by atoms with E-state index in [1.165, 1.54) is 4.90 Å². The van der Waals surface area contributed by atoms with E-state index in [4.69, 9.17) is 5.73 Å². The van der Waals surface area contributed by atoms with Crippen LogP contribution in [-0.2, 0) is 9.59 Å². The zero-order valence-electron chi connectivity index (χ0n) is 15.6. The maximum Gasteiger partial charge on any atom is 0.475 e. The minimum absolute atomic E-state index is 0.181. The van der Waals surface area contributed by atoms with Gasteiger partial charge in [-0.05, 0) is 50.1 Å². The molecule has 1 atom stereocenters. The van der Waals surface area contributed by atoms with Gasteiger partial charge >= 0.3 is 7.12 Å². The van der Waals surface area contributed by atoms with Crippen molar-refractivity contribution in [1.29, 1.82) is 0 Å². The van der Waals surface area contributed by atoms with Crippen LogP contribution in [0.15, 0.2) is 24.3 Å². The third kappa shape index (κ3) is 6.22. The van der Waals surface area contributed by atoms with Crippen molar-refractivity contribution in [2.45, 2.75) is 31.6 Å². The predicted molar refractivity (Wildman–Crippen MR) is 104 cm³/mol. The Bertz CT molecular complexity index is 685. The molecule has 1 aromatic rings. The van der Waals surface area contributed by atoms with Gasteiger partial charge in [0, 0.05) is 18.5 Å². The van der Waals surface area contributed by atoms with Gasteiger partial charge in [-0.1, -0.05) is 0 Å². The number of carbonyl (C=O) groups excluding carboxylic acids is 3. The molecule has 1 aliphatic rings. The molecule has 0 radical (unpaired) electrons. The van der Waals surface area contributed by atoms with Crippen molar-refractivity contribution in [1.82, 2.24) is 15.6 Å². The highest BCUT2D eigenvalue weighted by Crippen LogP contribution is 2.17. The van der Waals surface area contributed by atoms with Gasteiger partial charge in [0.15, 0.2) is 0 Å². The summed E-state index contributed by atoms with van der Waals surface area (Å²) in [7, 11) is -1.59. The van der Waals surface area contributed by atoms with Crippen LogP contribution in [0.1, 0.15) is 36.0 Å². The maximum atomic E-state index is 12.2. The number of nitrogens with two attached hydrogens (primary N) is 1. The van der Waals surface area contributed by atoms with E-state index in [1.807, 2.05) is 0 Å². The highest BCUT2D eigenvalue weighted by atomic mass is 16.4. The standard InChI is InChI=1S/C17H26BN5O5/c19-9-1-4-15(24)22-21-13-7-5-12(6-8-13)17(26)20-11-16(25)23-10-2-3-14(23)18(27)28/h5-8,14,21,27-28H,1-4,9-11,19H2,(H,20,26)(H,22,24)/t14-/m0/s1. The Balaban J connectivity index is 1.79. The molecule has 0 aliphatic carbocycles. The van der Waals surface area contributed by atoms with Crippen molar-refractivity contribution in [3.8, 4) is 0 Å². The predicted octanol–water partition coefficient (Wildman–Crippen LogP) is -1.40. The molecule has 1 aromatic carbocycles. The largest absolute Gasteiger partial charge is 0.475 e. The van der Waals surface area contributed by atoms with Crippen molar-refractivity contribution in [3.63, 3.8) is 0 Å². The Morgan fingerprint density at radius 1 is 1.21 bits per heavy atom. The molecule has 1 heterocycles. The highest BCUT2D eigenvalue weighted by molar-refractivity contribution is 6.43. The Kier molecular flexibility index (Phi) is 8.24. The molecule has 1 aliphatic heterocycles. The lowest BCUT2D eigenvalue weighted by Crippen LogP contribution is -2.48. The van der Waals surface area contributed by atoms with Gasteiger partial charge in [-0.25, -0.2) is 0 Å². The van der Waals surface area contributed by atoms with E-state index in [1.54, 1.807) is 24.3 Å². The van der Waals surface area contributed by atoms with Crippen LogP contribution in [0.4, 0.5) is 5.69 Å². The Hall–Kier alpha value is -2.63. The second kappa shape index (κ2) is 10.6. The van der Waals surface area contributed by atoms with Crippen LogP contribution in [0.25, 0.3) is 0 Å². The monoisotopic (exact) mass is 391 g/mol. The number of carbonyl (C=O) groups is 3. The zero-order valence-corrected chi connectivity index (χ0v) is 15.6. The number of rotatable bonds is 9. The summed E-state index contributed by atoms with van der Waals surface area (Å²) in [5.74, 6) is -1.59. The SMILES string of the molecule is NCCCC(=O)NNc1ccc(C(=O)NCC(=O)N2CCC[C@H]2B(O)O)cc1. The Labute approximate surface area is 163 Å². The summed E-state index contributed by atoms with van der Waals surface area (Å²) in [5, 5.41) is 21.2. The fourth-order valence-electron chi connectivity index (χ4n) is 2.94. The fourth-order valence-corrected chi connectivity index (χ4v) is 2.94. The molecule has 0 bridgehead atoms. The minimum atomic E-state index is -1.59. The fraction of sp³-hybridized carbons (Fsp3) is 0.471. The molecule has 7 N–H and O–H groups in total. The van der Waals surface area contributed by atoms with Gasteiger partial charge in [0.2, 0.25) is 11.8 Å². The normalized spacial score (nSPS) is 15.8. The summed E-state index contributed by atoms with van der Waals surface area (Å²) in [6, 6.07) is 6.37. The molecular weight excluding hydrogens is 365 g/mol. The van der Waals surface area contributed by atoms with Crippen molar-refractivity contribution >= 4 is 30.5 Å². The van der Waals surface area contributed by atoms with Crippen LogP contribution in [0.3, 0.4) is 0 Å². The number of benzene rings is 1. The second-order valence-electron chi connectivity index (χ2n) is 6.54. The van der Waals surface area contributed by atoms with Gasteiger partial charge < -0.3 is 26.0 Å². The van der Waals surface area contributed by atoms with Gasteiger partial charge in [-0.3, -0.25) is 25.2 Å². The number of hydrogen-bond acceptors (Lipinski definition) is 7. The van der Waals surface area contributed by atoms with Gasteiger partial charge in [0.25, 0.3) is 5.91 Å². The lowest BCUT2D eigenvalue weighted by molar-refractivity contribution is -0.130. The average Bonchev–Trinajstić information content (AvgIpc) is 3.19. The summed E-state index contributed by atoms with van der Waals surface area (Å²) in [6.07, 6.45) is 2.14. The maximum absolute atomic E-state index is 12.2. The van der Waals surface area contributed by atoms with Crippen LogP contribution in [0, 0.1) is 0 Å². The molecule has 0 aromatic heterocycles. The molecule has 11 heteroatoms. The number of anilines is 1. The zero-order chi connectivity index (χ0) is 20.5. The van der Waals surface area contributed by atoms with Crippen LogP contribution in [0.2, 0.25) is 0 Å². The number of hydrogen-bond donors (Lipinski definition) is 6. The molecule has 0 saturated carbocycles. The topological polar surface area (TPSA) is 157 Å². The first-order valence-electron chi connectivity index (χ1n) is 9.21. The number of nitrogens with one attached hydrogen (secondary N) is 3. The van der Waals surface area contributed by atoms with Crippen LogP contribution in [-0.4, -0.2) is 65.4 Å². The molecule has 10 nitrogen and oxygen atoms in total. The van der Waals surface area contributed by atoms with E-state index >= 15 is 0 Å². The van der Waals surface area contributed by atoms with Crippen LogP contribution >= 0.6 is 0 Å². The number of likely N-dealkylation sites (tertiary alicyclic amines) is 1. The van der Waals surface area contributed by atoms with Gasteiger partial charge in [-0.15, -0.1) is 0 Å². The molecule has 0 unspecified atom stereocenters. The van der Waals surface area contributed by atoms with Crippen molar-refractivity contribution in [2.75, 3.05) is 25.1 Å². The second-order valence-corrected chi connectivity index (χ2v) is 6.54. The first kappa shape index (κ1) is 21.7. The molecule has 1 fully saturated rings. The van der Waals surface area contributed by atoms with E-state index in [-0.39, 0.29) is 18.4 Å². The van der Waals surface area contributed by atoms with E-state index in [2.05, 4.69) is 16.2 Å². The summed E-state index contributed by atoms with van der Waals surface area (Å²) >= 11 is 0. The van der Waals surface area contributed by atoms with E-state index in [9.17, 15) is 24.4 Å². The smallest absolute Gasteiger partial charge is 0.426 e. The number of amides is 3. The molecule has 28 heavy (non-hydrogen) atoms. The first-order chi connectivity index (χ1) is 13.4. The van der Waals surface area contributed by atoms with E-state index in [0.717, 1.165) is 0 Å². The van der Waals surface area contributed by atoms with Crippen LogP contribution < -0.4 is 21.9 Å². The molecular formula is C17H26BN5O5. The molecule has 2 rings (SSSR count). The van der Waals surface area contributed by atoms with Crippen molar-refractivity contribution in [3.05, 3.63) is 29.8 Å². The van der Waals surface area contributed by atoms with Crippen LogP contribution in [0.5, 0.6) is 0 Å². The molecule has 152 valence electrons. The molecule has 1 saturated heterocycles. The quantitative estimate of drug-likeness (QED) is 0.223. The van der Waals surface area contributed by atoms with Gasteiger partial charge in [0.05, 0.1) is 18.2 Å². The highest BCUT2D eigenvalue weighted by Gasteiger charge is 2.36. The summed E-state index contributed by atoms with van der Waals surface area (Å²) in [5.41, 5.74) is 11.6. The number of hydrazine groups is 1. The minimum Gasteiger partial charge on any atom is -0.426 e. The van der Waals surface area contributed by atoms with Gasteiger partial charge in [-0.2, -0.15) is 0 Å². The van der Waals surface area contributed by atoms with Gasteiger partial charge in [0.1, 0.15) is 0 Å². The third-order valence-electron chi connectivity index (χ3n) is 4.47. The van der Waals surface area contributed by atoms with Crippen molar-refractivity contribution < 1.29 is 24.4 Å². The van der Waals surface area contributed by atoms with Crippen molar-refractivity contribution in [2.24, 2.45) is 5.73 Å². The van der Waals surface area contributed by atoms with E-state index in [0.29, 0.717) is 50.0 Å². The Morgan fingerprint density at radius 2 is 1.93 bits per heavy atom. The van der Waals surface area contributed by atoms with E-state index < -0.39 is 19.0 Å². The third-order valence-corrected chi connectivity index (χ3v) is 4.47. The summed E-state index contributed by atoms with van der Waals surface area (Å²) in [6.45, 7) is 0.659. The molecule has 0 spiro atoms. The number of nitrogens with zero attached hydrogens (tertiary/aromatic N) is 1. The average molecular weight is 391 g/mol. The first-order valence-corrected chi connectivity index (χ1v) is 9.21. The summed E-state index contributed by atoms with van der Waals surface area (Å²) < 4.78 is 0. The lowest BCUT2D eigenvalue weighted by Gasteiger charge is -2.24.